The van der Waals surface area contributed by atoms with Gasteiger partial charge in [-0.05, 0) is 12.1 Å². The second kappa shape index (κ2) is 3.24. The van der Waals surface area contributed by atoms with E-state index in [2.05, 4.69) is 22.3 Å². The Hall–Kier alpha value is -2.09. The SMILES string of the molecule is [c]1ccc(-c2n[nH]c3ccccc23)cc1. The minimum Gasteiger partial charge on any atom is -0.277 e. The van der Waals surface area contributed by atoms with Crippen molar-refractivity contribution in [1.82, 2.24) is 10.2 Å². The van der Waals surface area contributed by atoms with Crippen LogP contribution in [0.15, 0.2) is 48.5 Å². The van der Waals surface area contributed by atoms with Gasteiger partial charge in [-0.3, -0.25) is 5.10 Å². The van der Waals surface area contributed by atoms with Gasteiger partial charge in [-0.25, -0.2) is 0 Å². The molecule has 3 aromatic rings. The molecule has 1 N–H and O–H groups in total. The van der Waals surface area contributed by atoms with Crippen molar-refractivity contribution in [3.8, 4) is 11.3 Å². The molecule has 0 bridgehead atoms. The summed E-state index contributed by atoms with van der Waals surface area (Å²) in [4.78, 5) is 0. The molecule has 0 aliphatic heterocycles. The fraction of sp³-hybridized carbons (Fsp3) is 0. The summed E-state index contributed by atoms with van der Waals surface area (Å²) in [6.07, 6.45) is 0. The van der Waals surface area contributed by atoms with Crippen LogP contribution < -0.4 is 0 Å². The molecule has 1 radical (unpaired) electrons. The van der Waals surface area contributed by atoms with Crippen molar-refractivity contribution < 1.29 is 0 Å². The van der Waals surface area contributed by atoms with Gasteiger partial charge >= 0.3 is 0 Å². The van der Waals surface area contributed by atoms with Gasteiger partial charge in [-0.2, -0.15) is 5.10 Å². The molecule has 2 heteroatoms. The van der Waals surface area contributed by atoms with E-state index in [0.29, 0.717) is 0 Å². The summed E-state index contributed by atoms with van der Waals surface area (Å²) in [5.74, 6) is 0. The number of fused-ring (bicyclic) bond motifs is 1. The van der Waals surface area contributed by atoms with Gasteiger partial charge in [0.2, 0.25) is 0 Å². The summed E-state index contributed by atoms with van der Waals surface area (Å²) in [5.41, 5.74) is 3.19. The highest BCUT2D eigenvalue weighted by atomic mass is 15.1. The number of nitrogens with zero attached hydrogens (tertiary/aromatic N) is 1. The van der Waals surface area contributed by atoms with E-state index >= 15 is 0 Å². The topological polar surface area (TPSA) is 28.7 Å². The van der Waals surface area contributed by atoms with E-state index in [1.54, 1.807) is 0 Å². The summed E-state index contributed by atoms with van der Waals surface area (Å²) >= 11 is 0. The zero-order chi connectivity index (χ0) is 10.1. The predicted molar refractivity (Wildman–Crippen MR) is 60.4 cm³/mol. The maximum absolute atomic E-state index is 4.33. The van der Waals surface area contributed by atoms with Crippen LogP contribution in [0.25, 0.3) is 22.2 Å². The van der Waals surface area contributed by atoms with Gasteiger partial charge in [0.05, 0.1) is 11.2 Å². The highest BCUT2D eigenvalue weighted by Gasteiger charge is 2.05. The van der Waals surface area contributed by atoms with Crippen molar-refractivity contribution in [2.45, 2.75) is 0 Å². The van der Waals surface area contributed by atoms with Gasteiger partial charge in [0, 0.05) is 10.9 Å². The molecule has 0 amide bonds. The van der Waals surface area contributed by atoms with Crippen LogP contribution in [0.1, 0.15) is 0 Å². The van der Waals surface area contributed by atoms with Crippen LogP contribution in [0.4, 0.5) is 0 Å². The van der Waals surface area contributed by atoms with Crippen molar-refractivity contribution >= 4 is 10.9 Å². The molecule has 0 aliphatic rings. The van der Waals surface area contributed by atoms with Crippen LogP contribution in [0, 0.1) is 6.07 Å². The fourth-order valence-electron chi connectivity index (χ4n) is 1.73. The first kappa shape index (κ1) is 8.24. The molecular weight excluding hydrogens is 184 g/mol. The largest absolute Gasteiger partial charge is 0.277 e. The maximum atomic E-state index is 4.33. The van der Waals surface area contributed by atoms with Gasteiger partial charge in [0.1, 0.15) is 0 Å². The third-order valence-electron chi connectivity index (χ3n) is 2.46. The highest BCUT2D eigenvalue weighted by molar-refractivity contribution is 5.92. The van der Waals surface area contributed by atoms with E-state index in [1.165, 1.54) is 0 Å². The molecule has 0 spiro atoms. The number of para-hydroxylation sites is 1. The summed E-state index contributed by atoms with van der Waals surface area (Å²) in [7, 11) is 0. The standard InChI is InChI=1S/C13H9N2/c1-2-6-10(7-3-1)13-11-8-4-5-9-12(11)14-15-13/h2-9H,(H,14,15). The molecule has 2 nitrogen and oxygen atoms in total. The minimum absolute atomic E-state index is 1.000. The number of hydrogen-bond donors (Lipinski definition) is 1. The molecule has 71 valence electrons. The Morgan fingerprint density at radius 1 is 1.00 bits per heavy atom. The number of aromatic amines is 1. The van der Waals surface area contributed by atoms with E-state index in [9.17, 15) is 0 Å². The second-order valence-electron chi connectivity index (χ2n) is 3.41. The van der Waals surface area contributed by atoms with Crippen LogP contribution in [0.3, 0.4) is 0 Å². The minimum atomic E-state index is 1.000. The number of nitrogens with one attached hydrogen (secondary N) is 1. The zero-order valence-electron chi connectivity index (χ0n) is 8.07. The third kappa shape index (κ3) is 1.31. The number of rotatable bonds is 1. The van der Waals surface area contributed by atoms with E-state index in [0.717, 1.165) is 22.2 Å². The molecule has 0 fully saturated rings. The Labute approximate surface area is 87.6 Å². The lowest BCUT2D eigenvalue weighted by molar-refractivity contribution is 1.12. The normalized spacial score (nSPS) is 10.7. The van der Waals surface area contributed by atoms with E-state index in [-0.39, 0.29) is 0 Å². The molecule has 0 unspecified atom stereocenters. The Bertz CT molecular complexity index is 582. The molecule has 1 aromatic heterocycles. The van der Waals surface area contributed by atoms with Crippen molar-refractivity contribution in [3.05, 3.63) is 54.6 Å². The Morgan fingerprint density at radius 2 is 1.80 bits per heavy atom. The molecule has 0 aliphatic carbocycles. The Balaban J connectivity index is 2.28. The summed E-state index contributed by atoms with van der Waals surface area (Å²) in [6, 6.07) is 19.0. The molecule has 3 rings (SSSR count). The average Bonchev–Trinajstić information content (AvgIpc) is 2.74. The van der Waals surface area contributed by atoms with Crippen molar-refractivity contribution in [1.29, 1.82) is 0 Å². The van der Waals surface area contributed by atoms with Crippen molar-refractivity contribution in [2.24, 2.45) is 0 Å². The molecule has 2 aromatic carbocycles. The first-order chi connectivity index (χ1) is 7.45. The van der Waals surface area contributed by atoms with Gasteiger partial charge in [0.15, 0.2) is 0 Å². The maximum Gasteiger partial charge on any atom is 0.0999 e. The molecule has 1 heterocycles. The molecule has 0 saturated heterocycles. The lowest BCUT2D eigenvalue weighted by atomic mass is 10.1. The van der Waals surface area contributed by atoms with Crippen molar-refractivity contribution in [2.75, 3.05) is 0 Å². The first-order valence-electron chi connectivity index (χ1n) is 4.85. The zero-order valence-corrected chi connectivity index (χ0v) is 8.07. The first-order valence-corrected chi connectivity index (χ1v) is 4.85. The van der Waals surface area contributed by atoms with Gasteiger partial charge in [-0.1, -0.05) is 42.5 Å². The molecule has 0 saturated carbocycles. The second-order valence-corrected chi connectivity index (χ2v) is 3.41. The lowest BCUT2D eigenvalue weighted by Gasteiger charge is -1.95. The fourth-order valence-corrected chi connectivity index (χ4v) is 1.73. The average molecular weight is 193 g/mol. The lowest BCUT2D eigenvalue weighted by Crippen LogP contribution is -1.77. The highest BCUT2D eigenvalue weighted by Crippen LogP contribution is 2.25. The van der Waals surface area contributed by atoms with Gasteiger partial charge in [-0.15, -0.1) is 0 Å². The summed E-state index contributed by atoms with van der Waals surface area (Å²) < 4.78 is 0. The van der Waals surface area contributed by atoms with E-state index in [4.69, 9.17) is 0 Å². The van der Waals surface area contributed by atoms with Crippen molar-refractivity contribution in [3.63, 3.8) is 0 Å². The number of aromatic nitrogens is 2. The van der Waals surface area contributed by atoms with Crippen LogP contribution in [0.5, 0.6) is 0 Å². The summed E-state index contributed by atoms with van der Waals surface area (Å²) in [5, 5.41) is 8.51. The van der Waals surface area contributed by atoms with E-state index in [1.807, 2.05) is 42.5 Å². The van der Waals surface area contributed by atoms with Crippen LogP contribution >= 0.6 is 0 Å². The predicted octanol–water partition coefficient (Wildman–Crippen LogP) is 3.03. The molecule has 15 heavy (non-hydrogen) atoms. The van der Waals surface area contributed by atoms with Crippen LogP contribution in [-0.2, 0) is 0 Å². The quantitative estimate of drug-likeness (QED) is 0.632. The molecular formula is C13H9N2. The van der Waals surface area contributed by atoms with Gasteiger partial charge in [0.25, 0.3) is 0 Å². The smallest absolute Gasteiger partial charge is 0.0999 e. The summed E-state index contributed by atoms with van der Waals surface area (Å²) in [6.45, 7) is 0. The Morgan fingerprint density at radius 3 is 2.67 bits per heavy atom. The molecule has 0 atom stereocenters. The van der Waals surface area contributed by atoms with Gasteiger partial charge < -0.3 is 0 Å². The van der Waals surface area contributed by atoms with Crippen LogP contribution in [0.2, 0.25) is 0 Å². The number of hydrogen-bond acceptors (Lipinski definition) is 1. The monoisotopic (exact) mass is 193 g/mol. The Kier molecular flexibility index (Phi) is 1.78. The third-order valence-corrected chi connectivity index (χ3v) is 2.46. The van der Waals surface area contributed by atoms with Crippen LogP contribution in [-0.4, -0.2) is 10.2 Å². The van der Waals surface area contributed by atoms with E-state index < -0.39 is 0 Å². The number of H-pyrrole nitrogens is 1. The number of benzene rings is 2.